The van der Waals surface area contributed by atoms with Gasteiger partial charge in [-0.3, -0.25) is 14.4 Å². The molecule has 2 aromatic rings. The van der Waals surface area contributed by atoms with Crippen molar-refractivity contribution in [2.24, 2.45) is 0 Å². The first kappa shape index (κ1) is 28.6. The first-order chi connectivity index (χ1) is 18.8. The quantitative estimate of drug-likeness (QED) is 0.646. The maximum absolute atomic E-state index is 13.0. The van der Waals surface area contributed by atoms with E-state index < -0.39 is 0 Å². The lowest BCUT2D eigenvalue weighted by Crippen LogP contribution is -2.58. The van der Waals surface area contributed by atoms with Gasteiger partial charge in [0.1, 0.15) is 11.5 Å². The van der Waals surface area contributed by atoms with Crippen LogP contribution in [0.4, 0.5) is 0 Å². The summed E-state index contributed by atoms with van der Waals surface area (Å²) in [7, 11) is 5.62. The summed E-state index contributed by atoms with van der Waals surface area (Å²) in [6.07, 6.45) is 2.44. The van der Waals surface area contributed by atoms with Gasteiger partial charge in [-0.15, -0.1) is 0 Å². The summed E-state index contributed by atoms with van der Waals surface area (Å²) in [4.78, 5) is 44.0. The molecule has 4 rings (SSSR count). The Morgan fingerprint density at radius 2 is 1.77 bits per heavy atom. The van der Waals surface area contributed by atoms with Crippen LogP contribution in [0.1, 0.15) is 36.8 Å². The first-order valence-corrected chi connectivity index (χ1v) is 13.7. The van der Waals surface area contributed by atoms with Crippen molar-refractivity contribution in [3.63, 3.8) is 0 Å². The molecular formula is C30H40N4O5. The summed E-state index contributed by atoms with van der Waals surface area (Å²) in [6, 6.07) is 15.1. The van der Waals surface area contributed by atoms with Crippen molar-refractivity contribution >= 4 is 17.7 Å². The van der Waals surface area contributed by atoms with Gasteiger partial charge in [0, 0.05) is 33.0 Å². The van der Waals surface area contributed by atoms with Gasteiger partial charge in [-0.2, -0.15) is 0 Å². The van der Waals surface area contributed by atoms with Crippen LogP contribution in [-0.2, 0) is 32.1 Å². The van der Waals surface area contributed by atoms with Crippen molar-refractivity contribution in [3.05, 3.63) is 59.7 Å². The van der Waals surface area contributed by atoms with Crippen LogP contribution in [0.15, 0.2) is 48.5 Å². The molecule has 9 heteroatoms. The molecule has 0 aromatic heterocycles. The lowest BCUT2D eigenvalue weighted by atomic mass is 10.0. The van der Waals surface area contributed by atoms with Crippen molar-refractivity contribution < 1.29 is 23.9 Å². The minimum Gasteiger partial charge on any atom is -0.457 e. The minimum absolute atomic E-state index is 0.0516. The Morgan fingerprint density at radius 3 is 2.51 bits per heavy atom. The number of aryl methyl sites for hydroxylation is 1. The molecule has 2 aliphatic heterocycles. The number of rotatable bonds is 4. The molecule has 9 nitrogen and oxygen atoms in total. The molecule has 0 spiro atoms. The van der Waals surface area contributed by atoms with Gasteiger partial charge in [-0.25, -0.2) is 0 Å². The predicted molar refractivity (Wildman–Crippen MR) is 148 cm³/mol. The number of carbonyl (C=O) groups is 3. The second-order valence-corrected chi connectivity index (χ2v) is 10.7. The van der Waals surface area contributed by atoms with Crippen LogP contribution in [0.3, 0.4) is 0 Å². The lowest BCUT2D eigenvalue weighted by Gasteiger charge is -2.39. The molecule has 3 amide bonds. The van der Waals surface area contributed by atoms with Gasteiger partial charge < -0.3 is 29.5 Å². The van der Waals surface area contributed by atoms with E-state index in [4.69, 9.17) is 9.47 Å². The molecule has 0 radical (unpaired) electrons. The molecule has 1 saturated heterocycles. The highest BCUT2D eigenvalue weighted by Crippen LogP contribution is 2.25. The van der Waals surface area contributed by atoms with Gasteiger partial charge >= 0.3 is 0 Å². The molecule has 0 aliphatic carbocycles. The third kappa shape index (κ3) is 8.53. The molecule has 39 heavy (non-hydrogen) atoms. The lowest BCUT2D eigenvalue weighted by molar-refractivity contribution is -0.138. The summed E-state index contributed by atoms with van der Waals surface area (Å²) in [5.74, 6) is 1.12. The summed E-state index contributed by atoms with van der Waals surface area (Å²) in [5.41, 5.74) is 1.95. The molecule has 2 heterocycles. The monoisotopic (exact) mass is 536 g/mol. The number of fused-ring (bicyclic) bond motifs is 5. The van der Waals surface area contributed by atoms with Gasteiger partial charge in [0.05, 0.1) is 25.3 Å². The Morgan fingerprint density at radius 1 is 1.05 bits per heavy atom. The van der Waals surface area contributed by atoms with Crippen LogP contribution in [0.25, 0.3) is 0 Å². The Bertz CT molecular complexity index is 1150. The number of nitrogens with one attached hydrogen (secondary N) is 1. The average Bonchev–Trinajstić information content (AvgIpc) is 2.90. The zero-order valence-corrected chi connectivity index (χ0v) is 23.2. The SMILES string of the molecule is CN(C)CCCC(=O)N1CC[C@H]2OCc3cccc(c3)Oc3cccc(c3)CCC(=O)N(C)CC(=O)N[C@H]2C1. The van der Waals surface area contributed by atoms with Crippen molar-refractivity contribution in [2.45, 2.75) is 50.9 Å². The van der Waals surface area contributed by atoms with E-state index in [9.17, 15) is 14.4 Å². The first-order valence-electron chi connectivity index (χ1n) is 13.7. The molecule has 1 N–H and O–H groups in total. The summed E-state index contributed by atoms with van der Waals surface area (Å²) in [6.45, 7) is 2.11. The van der Waals surface area contributed by atoms with Crippen LogP contribution in [0, 0.1) is 0 Å². The number of likely N-dealkylation sites (N-methyl/N-ethyl adjacent to an activating group) is 1. The van der Waals surface area contributed by atoms with E-state index in [2.05, 4.69) is 10.2 Å². The number of piperidine rings is 1. The Hall–Kier alpha value is -3.43. The van der Waals surface area contributed by atoms with E-state index in [0.29, 0.717) is 50.5 Å². The van der Waals surface area contributed by atoms with Crippen LogP contribution in [0.5, 0.6) is 11.5 Å². The van der Waals surface area contributed by atoms with E-state index >= 15 is 0 Å². The zero-order valence-electron chi connectivity index (χ0n) is 23.2. The highest BCUT2D eigenvalue weighted by Gasteiger charge is 2.33. The normalized spacial score (nSPS) is 20.9. The van der Waals surface area contributed by atoms with Gasteiger partial charge in [0.2, 0.25) is 17.7 Å². The number of ether oxygens (including phenoxy) is 2. The minimum atomic E-state index is -0.370. The summed E-state index contributed by atoms with van der Waals surface area (Å²) < 4.78 is 12.4. The Balaban J connectivity index is 1.51. The van der Waals surface area contributed by atoms with E-state index in [0.717, 1.165) is 24.1 Å². The van der Waals surface area contributed by atoms with Gasteiger partial charge in [0.25, 0.3) is 0 Å². The van der Waals surface area contributed by atoms with E-state index in [-0.39, 0.29) is 42.8 Å². The molecule has 4 bridgehead atoms. The smallest absolute Gasteiger partial charge is 0.239 e. The molecule has 210 valence electrons. The second kappa shape index (κ2) is 13.6. The highest BCUT2D eigenvalue weighted by atomic mass is 16.5. The maximum Gasteiger partial charge on any atom is 0.239 e. The third-order valence-electron chi connectivity index (χ3n) is 7.18. The van der Waals surface area contributed by atoms with E-state index in [1.54, 1.807) is 7.05 Å². The van der Waals surface area contributed by atoms with Crippen LogP contribution in [0.2, 0.25) is 0 Å². The van der Waals surface area contributed by atoms with Gasteiger partial charge in [-0.05, 0) is 75.3 Å². The second-order valence-electron chi connectivity index (χ2n) is 10.7. The standard InChI is InChI=1S/C30H40N4O5/c1-32(2)15-6-11-30(37)34-16-14-27-26(19-34)31-28(35)20-33(3)29(36)13-12-22-7-4-9-24(17-22)39-25-10-5-8-23(18-25)21-38-27/h4-5,7-10,17-18,26-27H,6,11-16,19-21H2,1-3H3,(H,31,35)/t26-,27+/m0/s1. The number of carbonyl (C=O) groups excluding carboxylic acids is 3. The van der Waals surface area contributed by atoms with Crippen LogP contribution in [-0.4, -0.2) is 91.9 Å². The summed E-state index contributed by atoms with van der Waals surface area (Å²) in [5, 5.41) is 3.06. The Labute approximate surface area is 231 Å². The number of hydrogen-bond donors (Lipinski definition) is 1. The topological polar surface area (TPSA) is 91.4 Å². The molecular weight excluding hydrogens is 496 g/mol. The van der Waals surface area contributed by atoms with E-state index in [1.165, 1.54) is 4.90 Å². The van der Waals surface area contributed by atoms with Gasteiger partial charge in [-0.1, -0.05) is 24.3 Å². The number of amides is 3. The number of nitrogens with zero attached hydrogens (tertiary/aromatic N) is 3. The van der Waals surface area contributed by atoms with Gasteiger partial charge in [0.15, 0.2) is 0 Å². The third-order valence-corrected chi connectivity index (χ3v) is 7.18. The Kier molecular flexibility index (Phi) is 9.95. The average molecular weight is 537 g/mol. The molecule has 2 aromatic carbocycles. The number of hydrogen-bond acceptors (Lipinski definition) is 6. The highest BCUT2D eigenvalue weighted by molar-refractivity contribution is 5.85. The fourth-order valence-electron chi connectivity index (χ4n) is 5.00. The molecule has 1 fully saturated rings. The number of likely N-dealkylation sites (tertiary alicyclic amines) is 1. The maximum atomic E-state index is 13.0. The zero-order chi connectivity index (χ0) is 27.8. The van der Waals surface area contributed by atoms with Crippen molar-refractivity contribution in [1.29, 1.82) is 0 Å². The van der Waals surface area contributed by atoms with E-state index in [1.807, 2.05) is 67.5 Å². The van der Waals surface area contributed by atoms with Crippen molar-refractivity contribution in [3.8, 4) is 11.5 Å². The van der Waals surface area contributed by atoms with Crippen LogP contribution < -0.4 is 10.1 Å². The van der Waals surface area contributed by atoms with Crippen LogP contribution >= 0.6 is 0 Å². The largest absolute Gasteiger partial charge is 0.457 e. The molecule has 0 unspecified atom stereocenters. The molecule has 0 saturated carbocycles. The molecule has 2 atom stereocenters. The predicted octanol–water partition coefficient (Wildman–Crippen LogP) is 2.83. The summed E-state index contributed by atoms with van der Waals surface area (Å²) >= 11 is 0. The fourth-order valence-corrected chi connectivity index (χ4v) is 5.00. The number of benzene rings is 2. The van der Waals surface area contributed by atoms with Crippen molar-refractivity contribution in [1.82, 2.24) is 20.0 Å². The molecule has 2 aliphatic rings. The van der Waals surface area contributed by atoms with Crippen molar-refractivity contribution in [2.75, 3.05) is 47.3 Å². The fraction of sp³-hybridized carbons (Fsp3) is 0.500.